The Balaban J connectivity index is 2.35. The molecular weight excluding hydrogens is 305 g/mol. The summed E-state index contributed by atoms with van der Waals surface area (Å²) < 4.78 is 16.3. The topological polar surface area (TPSA) is 43.8 Å². The molecule has 1 aromatic heterocycles. The molecule has 0 spiro atoms. The summed E-state index contributed by atoms with van der Waals surface area (Å²) in [6, 6.07) is 3.54. The molecule has 0 atom stereocenters. The van der Waals surface area contributed by atoms with Crippen molar-refractivity contribution in [1.82, 2.24) is 9.55 Å². The van der Waals surface area contributed by atoms with Crippen LogP contribution in [0.5, 0.6) is 0 Å². The van der Waals surface area contributed by atoms with Gasteiger partial charge in [-0.05, 0) is 39.3 Å². The van der Waals surface area contributed by atoms with Crippen molar-refractivity contribution in [2.75, 3.05) is 0 Å². The van der Waals surface area contributed by atoms with E-state index in [1.807, 2.05) is 23.9 Å². The zero-order chi connectivity index (χ0) is 12.4. The zero-order valence-corrected chi connectivity index (χ0v) is 11.6. The smallest absolute Gasteiger partial charge is 0.172 e. The molecule has 3 nitrogen and oxygen atoms in total. The molecule has 2 N–H and O–H groups in total. The first-order valence-corrected chi connectivity index (χ1v) is 6.56. The summed E-state index contributed by atoms with van der Waals surface area (Å²) in [7, 11) is 1.87. The summed E-state index contributed by atoms with van der Waals surface area (Å²) in [6.07, 6.45) is 3.51. The van der Waals surface area contributed by atoms with Crippen molar-refractivity contribution in [2.24, 2.45) is 12.8 Å². The average Bonchev–Trinajstić information content (AvgIpc) is 2.71. The quantitative estimate of drug-likeness (QED) is 0.947. The van der Waals surface area contributed by atoms with Crippen LogP contribution in [0.25, 0.3) is 0 Å². The monoisotopic (exact) mass is 315 g/mol. The van der Waals surface area contributed by atoms with E-state index in [1.54, 1.807) is 12.3 Å². The van der Waals surface area contributed by atoms with E-state index in [1.165, 1.54) is 11.8 Å². The molecular formula is C11H11BrFN3S. The second-order valence-electron chi connectivity index (χ2n) is 3.48. The van der Waals surface area contributed by atoms with Crippen molar-refractivity contribution in [3.63, 3.8) is 0 Å². The highest BCUT2D eigenvalue weighted by Gasteiger charge is 2.13. The first kappa shape index (κ1) is 12.6. The van der Waals surface area contributed by atoms with E-state index >= 15 is 0 Å². The highest BCUT2D eigenvalue weighted by Crippen LogP contribution is 2.33. The molecule has 2 aromatic rings. The minimum atomic E-state index is -0.291. The molecule has 0 fully saturated rings. The van der Waals surface area contributed by atoms with Gasteiger partial charge < -0.3 is 10.3 Å². The third kappa shape index (κ3) is 2.53. The van der Waals surface area contributed by atoms with E-state index < -0.39 is 0 Å². The van der Waals surface area contributed by atoms with Crippen LogP contribution < -0.4 is 5.73 Å². The number of hydrogen-bond donors (Lipinski definition) is 1. The van der Waals surface area contributed by atoms with Crippen LogP contribution in [0.2, 0.25) is 0 Å². The lowest BCUT2D eigenvalue weighted by molar-refractivity contribution is 0.591. The number of imidazole rings is 1. The van der Waals surface area contributed by atoms with Crippen molar-refractivity contribution < 1.29 is 4.39 Å². The summed E-state index contributed by atoms with van der Waals surface area (Å²) in [4.78, 5) is 4.67. The lowest BCUT2D eigenvalue weighted by atomic mass is 10.2. The number of rotatable bonds is 3. The third-order valence-electron chi connectivity index (χ3n) is 2.32. The van der Waals surface area contributed by atoms with Crippen molar-refractivity contribution in [2.45, 2.75) is 16.6 Å². The molecule has 0 radical (unpaired) electrons. The summed E-state index contributed by atoms with van der Waals surface area (Å²) in [5, 5.41) is 0.747. The lowest BCUT2D eigenvalue weighted by Crippen LogP contribution is -2.00. The molecule has 1 aromatic carbocycles. The summed E-state index contributed by atoms with van der Waals surface area (Å²) >= 11 is 4.51. The van der Waals surface area contributed by atoms with Gasteiger partial charge in [0.25, 0.3) is 0 Å². The Labute approximate surface area is 111 Å². The van der Waals surface area contributed by atoms with Gasteiger partial charge in [-0.1, -0.05) is 6.07 Å². The van der Waals surface area contributed by atoms with E-state index in [0.717, 1.165) is 10.7 Å². The van der Waals surface area contributed by atoms with Gasteiger partial charge in [-0.2, -0.15) is 0 Å². The van der Waals surface area contributed by atoms with Gasteiger partial charge in [0, 0.05) is 26.0 Å². The van der Waals surface area contributed by atoms with Crippen LogP contribution in [0.3, 0.4) is 0 Å². The molecule has 0 saturated carbocycles. The predicted octanol–water partition coefficient (Wildman–Crippen LogP) is 2.93. The molecule has 0 aliphatic rings. The minimum absolute atomic E-state index is 0.291. The fourth-order valence-corrected chi connectivity index (χ4v) is 2.84. The Morgan fingerprint density at radius 3 is 2.88 bits per heavy atom. The molecule has 0 bridgehead atoms. The van der Waals surface area contributed by atoms with Crippen molar-refractivity contribution >= 4 is 27.7 Å². The number of hydrogen-bond acceptors (Lipinski definition) is 3. The van der Waals surface area contributed by atoms with Crippen molar-refractivity contribution in [3.05, 3.63) is 40.4 Å². The van der Waals surface area contributed by atoms with Crippen molar-refractivity contribution in [3.8, 4) is 0 Å². The van der Waals surface area contributed by atoms with E-state index in [4.69, 9.17) is 5.73 Å². The Morgan fingerprint density at radius 1 is 1.53 bits per heavy atom. The Morgan fingerprint density at radius 2 is 2.29 bits per heavy atom. The molecule has 0 amide bonds. The summed E-state index contributed by atoms with van der Waals surface area (Å²) in [6.45, 7) is 0.310. The summed E-state index contributed by atoms with van der Waals surface area (Å²) in [5.41, 5.74) is 6.27. The lowest BCUT2D eigenvalue weighted by Gasteiger charge is -2.07. The molecule has 90 valence electrons. The maximum absolute atomic E-state index is 14.0. The number of benzene rings is 1. The first-order chi connectivity index (χ1) is 8.13. The second kappa shape index (κ2) is 5.20. The van der Waals surface area contributed by atoms with E-state index in [2.05, 4.69) is 20.9 Å². The molecule has 6 heteroatoms. The Hall–Kier alpha value is -0.850. The van der Waals surface area contributed by atoms with Crippen LogP contribution in [0.1, 0.15) is 5.56 Å². The maximum Gasteiger partial charge on any atom is 0.172 e. The van der Waals surface area contributed by atoms with E-state index in [-0.39, 0.29) is 5.82 Å². The zero-order valence-electron chi connectivity index (χ0n) is 9.15. The molecule has 0 unspecified atom stereocenters. The SMILES string of the molecule is Cn1ccnc1Sc1ccc(CN)c(Br)c1F. The second-order valence-corrected chi connectivity index (χ2v) is 5.28. The van der Waals surface area contributed by atoms with Gasteiger partial charge in [0.05, 0.1) is 9.37 Å². The van der Waals surface area contributed by atoms with Gasteiger partial charge in [0.2, 0.25) is 0 Å². The van der Waals surface area contributed by atoms with E-state index in [0.29, 0.717) is 15.9 Å². The fourth-order valence-electron chi connectivity index (χ4n) is 1.36. The van der Waals surface area contributed by atoms with E-state index in [9.17, 15) is 4.39 Å². The normalized spacial score (nSPS) is 10.8. The molecule has 0 aliphatic carbocycles. The van der Waals surface area contributed by atoms with Crippen LogP contribution in [-0.4, -0.2) is 9.55 Å². The number of nitrogens with two attached hydrogens (primary N) is 1. The van der Waals surface area contributed by atoms with Gasteiger partial charge >= 0.3 is 0 Å². The highest BCUT2D eigenvalue weighted by molar-refractivity contribution is 9.10. The van der Waals surface area contributed by atoms with Crippen LogP contribution in [0.15, 0.2) is 39.1 Å². The first-order valence-electron chi connectivity index (χ1n) is 4.95. The average molecular weight is 316 g/mol. The number of halogens is 2. The molecule has 1 heterocycles. The molecule has 0 aliphatic heterocycles. The Bertz CT molecular complexity index is 542. The highest BCUT2D eigenvalue weighted by atomic mass is 79.9. The van der Waals surface area contributed by atoms with Gasteiger partial charge in [-0.3, -0.25) is 0 Å². The van der Waals surface area contributed by atoms with Crippen molar-refractivity contribution in [1.29, 1.82) is 0 Å². The number of aryl methyl sites for hydroxylation is 1. The molecule has 17 heavy (non-hydrogen) atoms. The van der Waals surface area contributed by atoms with Gasteiger partial charge in [-0.15, -0.1) is 0 Å². The van der Waals surface area contributed by atoms with Gasteiger partial charge in [0.1, 0.15) is 0 Å². The third-order valence-corrected chi connectivity index (χ3v) is 4.29. The van der Waals surface area contributed by atoms with Gasteiger partial charge in [-0.25, -0.2) is 9.37 Å². The number of nitrogens with zero attached hydrogens (tertiary/aromatic N) is 2. The van der Waals surface area contributed by atoms with Gasteiger partial charge in [0.15, 0.2) is 11.0 Å². The molecule has 2 rings (SSSR count). The number of aromatic nitrogens is 2. The fraction of sp³-hybridized carbons (Fsp3) is 0.182. The Kier molecular flexibility index (Phi) is 3.86. The van der Waals surface area contributed by atoms with Crippen LogP contribution in [0.4, 0.5) is 4.39 Å². The largest absolute Gasteiger partial charge is 0.329 e. The minimum Gasteiger partial charge on any atom is -0.329 e. The van der Waals surface area contributed by atoms with Crippen LogP contribution in [0, 0.1) is 5.82 Å². The van der Waals surface area contributed by atoms with Crippen LogP contribution >= 0.6 is 27.7 Å². The molecule has 0 saturated heterocycles. The summed E-state index contributed by atoms with van der Waals surface area (Å²) in [5.74, 6) is -0.291. The predicted molar refractivity (Wildman–Crippen MR) is 69.3 cm³/mol. The standard InChI is InChI=1S/C11H11BrFN3S/c1-16-5-4-15-11(16)17-8-3-2-7(6-14)9(12)10(8)13/h2-5H,6,14H2,1H3. The van der Waals surface area contributed by atoms with Crippen LogP contribution in [-0.2, 0) is 13.6 Å². The maximum atomic E-state index is 14.0.